The number of amides is 2. The van der Waals surface area contributed by atoms with Gasteiger partial charge in [0.1, 0.15) is 6.04 Å². The Bertz CT molecular complexity index is 1130. The second kappa shape index (κ2) is 10.4. The third kappa shape index (κ3) is 4.73. The molecule has 5 rings (SSSR count). The number of carbonyl (C=O) groups is 2. The predicted octanol–water partition coefficient (Wildman–Crippen LogP) is 4.03. The number of rotatable bonds is 6. The Hall–Kier alpha value is -3.13. The van der Waals surface area contributed by atoms with E-state index in [1.54, 1.807) is 4.90 Å². The summed E-state index contributed by atoms with van der Waals surface area (Å²) >= 11 is 1.38. The van der Waals surface area contributed by atoms with Crippen LogP contribution >= 0.6 is 11.8 Å². The number of hydrogen-bond donors (Lipinski definition) is 0. The Morgan fingerprint density at radius 2 is 1.53 bits per heavy atom. The van der Waals surface area contributed by atoms with Crippen molar-refractivity contribution in [1.82, 2.24) is 24.6 Å². The molecule has 2 amide bonds. The zero-order valence-corrected chi connectivity index (χ0v) is 20.0. The van der Waals surface area contributed by atoms with Gasteiger partial charge in [0, 0.05) is 30.9 Å². The van der Waals surface area contributed by atoms with E-state index in [1.165, 1.54) is 11.8 Å². The summed E-state index contributed by atoms with van der Waals surface area (Å²) in [5.41, 5.74) is 1.91. The number of para-hydroxylation sites is 1. The van der Waals surface area contributed by atoms with Crippen molar-refractivity contribution in [3.05, 3.63) is 60.7 Å². The highest BCUT2D eigenvalue weighted by Crippen LogP contribution is 2.29. The summed E-state index contributed by atoms with van der Waals surface area (Å²) in [6, 6.07) is 19.6. The van der Waals surface area contributed by atoms with Crippen molar-refractivity contribution in [2.24, 2.45) is 0 Å². The first-order chi connectivity index (χ1) is 16.7. The predicted molar refractivity (Wildman–Crippen MR) is 133 cm³/mol. The summed E-state index contributed by atoms with van der Waals surface area (Å²) < 4.78 is 2.00. The average Bonchev–Trinajstić information content (AvgIpc) is 3.58. The SMILES string of the molecule is O=C(C1CCCCN1C(=O)CSc1nnc(-c2ccccc2)n1-c1ccccc1)N1CCCC1. The van der Waals surface area contributed by atoms with Crippen LogP contribution in [0.2, 0.25) is 0 Å². The van der Waals surface area contributed by atoms with Crippen LogP contribution in [0.3, 0.4) is 0 Å². The lowest BCUT2D eigenvalue weighted by Gasteiger charge is -2.36. The van der Waals surface area contributed by atoms with Gasteiger partial charge in [-0.2, -0.15) is 0 Å². The number of piperidine rings is 1. The third-order valence-electron chi connectivity index (χ3n) is 6.53. The first-order valence-electron chi connectivity index (χ1n) is 12.0. The van der Waals surface area contributed by atoms with Crippen LogP contribution in [0.1, 0.15) is 32.1 Å². The second-order valence-corrected chi connectivity index (χ2v) is 9.71. The second-order valence-electron chi connectivity index (χ2n) is 8.76. The highest BCUT2D eigenvalue weighted by atomic mass is 32.2. The monoisotopic (exact) mass is 475 g/mol. The highest BCUT2D eigenvalue weighted by Gasteiger charge is 2.35. The van der Waals surface area contributed by atoms with Crippen LogP contribution in [0.5, 0.6) is 0 Å². The van der Waals surface area contributed by atoms with Crippen molar-refractivity contribution in [3.63, 3.8) is 0 Å². The first kappa shape index (κ1) is 22.7. The van der Waals surface area contributed by atoms with Crippen LogP contribution < -0.4 is 0 Å². The number of likely N-dealkylation sites (tertiary alicyclic amines) is 2. The molecule has 8 heteroatoms. The maximum absolute atomic E-state index is 13.3. The maximum atomic E-state index is 13.3. The van der Waals surface area contributed by atoms with Crippen molar-refractivity contribution in [3.8, 4) is 17.1 Å². The van der Waals surface area contributed by atoms with E-state index in [4.69, 9.17) is 0 Å². The largest absolute Gasteiger partial charge is 0.341 e. The minimum Gasteiger partial charge on any atom is -0.341 e. The van der Waals surface area contributed by atoms with Gasteiger partial charge in [0.25, 0.3) is 0 Å². The molecule has 34 heavy (non-hydrogen) atoms. The molecule has 1 aromatic heterocycles. The highest BCUT2D eigenvalue weighted by molar-refractivity contribution is 7.99. The Labute approximate surface area is 204 Å². The summed E-state index contributed by atoms with van der Waals surface area (Å²) in [4.78, 5) is 30.1. The van der Waals surface area contributed by atoms with Gasteiger partial charge in [-0.05, 0) is 44.2 Å². The van der Waals surface area contributed by atoms with E-state index in [-0.39, 0.29) is 23.6 Å². The third-order valence-corrected chi connectivity index (χ3v) is 7.44. The topological polar surface area (TPSA) is 71.3 Å². The Morgan fingerprint density at radius 3 is 2.26 bits per heavy atom. The fourth-order valence-corrected chi connectivity index (χ4v) is 5.63. The van der Waals surface area contributed by atoms with Crippen molar-refractivity contribution in [1.29, 1.82) is 0 Å². The normalized spacial score (nSPS) is 18.3. The fraction of sp³-hybridized carbons (Fsp3) is 0.385. The van der Waals surface area contributed by atoms with Crippen LogP contribution in [0, 0.1) is 0 Å². The van der Waals surface area contributed by atoms with Gasteiger partial charge < -0.3 is 9.80 Å². The molecule has 7 nitrogen and oxygen atoms in total. The molecule has 1 unspecified atom stereocenters. The summed E-state index contributed by atoms with van der Waals surface area (Å²) in [7, 11) is 0. The summed E-state index contributed by atoms with van der Waals surface area (Å²) in [5.74, 6) is 1.08. The molecule has 3 heterocycles. The summed E-state index contributed by atoms with van der Waals surface area (Å²) in [6.07, 6.45) is 4.80. The van der Waals surface area contributed by atoms with Crippen LogP contribution in [0.25, 0.3) is 17.1 Å². The molecule has 2 aromatic carbocycles. The van der Waals surface area contributed by atoms with E-state index >= 15 is 0 Å². The lowest BCUT2D eigenvalue weighted by molar-refractivity contribution is -0.145. The molecule has 0 radical (unpaired) electrons. The molecule has 2 aliphatic rings. The van der Waals surface area contributed by atoms with E-state index in [0.717, 1.165) is 62.3 Å². The number of hydrogen-bond acceptors (Lipinski definition) is 5. The van der Waals surface area contributed by atoms with Gasteiger partial charge in [-0.25, -0.2) is 0 Å². The van der Waals surface area contributed by atoms with E-state index in [9.17, 15) is 9.59 Å². The van der Waals surface area contributed by atoms with Crippen LogP contribution in [-0.2, 0) is 9.59 Å². The molecule has 0 aliphatic carbocycles. The van der Waals surface area contributed by atoms with E-state index < -0.39 is 0 Å². The van der Waals surface area contributed by atoms with E-state index in [2.05, 4.69) is 10.2 Å². The molecule has 2 fully saturated rings. The number of thioether (sulfide) groups is 1. The minimum absolute atomic E-state index is 0.00822. The van der Waals surface area contributed by atoms with Crippen molar-refractivity contribution >= 4 is 23.6 Å². The van der Waals surface area contributed by atoms with Crippen LogP contribution in [-0.4, -0.2) is 67.8 Å². The average molecular weight is 476 g/mol. The van der Waals surface area contributed by atoms with Gasteiger partial charge in [0.2, 0.25) is 11.8 Å². The smallest absolute Gasteiger partial charge is 0.245 e. The van der Waals surface area contributed by atoms with E-state index in [0.29, 0.717) is 11.7 Å². The number of benzene rings is 2. The summed E-state index contributed by atoms with van der Waals surface area (Å²) in [6.45, 7) is 2.27. The molecule has 2 aliphatic heterocycles. The molecule has 1 atom stereocenters. The molecule has 0 saturated carbocycles. The number of aromatic nitrogens is 3. The molecule has 3 aromatic rings. The molecular formula is C26H29N5O2S. The number of carbonyl (C=O) groups excluding carboxylic acids is 2. The first-order valence-corrected chi connectivity index (χ1v) is 13.0. The number of nitrogens with zero attached hydrogens (tertiary/aromatic N) is 5. The lowest BCUT2D eigenvalue weighted by atomic mass is 10.0. The fourth-order valence-electron chi connectivity index (χ4n) is 4.79. The van der Waals surface area contributed by atoms with Crippen molar-refractivity contribution in [2.45, 2.75) is 43.3 Å². The zero-order valence-electron chi connectivity index (χ0n) is 19.2. The Kier molecular flexibility index (Phi) is 6.94. The van der Waals surface area contributed by atoms with Crippen molar-refractivity contribution < 1.29 is 9.59 Å². The quantitative estimate of drug-likeness (QED) is 0.504. The van der Waals surface area contributed by atoms with Gasteiger partial charge in [-0.15, -0.1) is 10.2 Å². The van der Waals surface area contributed by atoms with Gasteiger partial charge in [0.05, 0.1) is 5.75 Å². The molecule has 0 spiro atoms. The van der Waals surface area contributed by atoms with Gasteiger partial charge in [-0.3, -0.25) is 14.2 Å². The molecule has 176 valence electrons. The van der Waals surface area contributed by atoms with Crippen LogP contribution in [0.15, 0.2) is 65.8 Å². The molecule has 0 N–H and O–H groups in total. The molecular weight excluding hydrogens is 446 g/mol. The molecule has 0 bridgehead atoms. The van der Waals surface area contributed by atoms with Crippen LogP contribution in [0.4, 0.5) is 0 Å². The van der Waals surface area contributed by atoms with Gasteiger partial charge in [-0.1, -0.05) is 60.3 Å². The maximum Gasteiger partial charge on any atom is 0.245 e. The minimum atomic E-state index is -0.327. The van der Waals surface area contributed by atoms with Gasteiger partial charge >= 0.3 is 0 Å². The Balaban J connectivity index is 1.36. The van der Waals surface area contributed by atoms with E-state index in [1.807, 2.05) is 70.1 Å². The zero-order chi connectivity index (χ0) is 23.3. The molecule has 2 saturated heterocycles. The standard InChI is InChI=1S/C26H29N5O2S/c32-23(30-18-8-7-15-22(30)25(33)29-16-9-10-17-29)19-34-26-28-27-24(20-11-3-1-4-12-20)31(26)21-13-5-2-6-14-21/h1-6,11-14,22H,7-10,15-19H2. The van der Waals surface area contributed by atoms with Crippen molar-refractivity contribution in [2.75, 3.05) is 25.4 Å². The van der Waals surface area contributed by atoms with Gasteiger partial charge in [0.15, 0.2) is 11.0 Å². The lowest BCUT2D eigenvalue weighted by Crippen LogP contribution is -2.53. The summed E-state index contributed by atoms with van der Waals surface area (Å²) in [5, 5.41) is 9.55. The Morgan fingerprint density at radius 1 is 0.853 bits per heavy atom.